The second kappa shape index (κ2) is 11.3. The van der Waals surface area contributed by atoms with Crippen molar-refractivity contribution in [2.75, 3.05) is 31.6 Å². The van der Waals surface area contributed by atoms with E-state index in [2.05, 4.69) is 15.3 Å². The van der Waals surface area contributed by atoms with E-state index in [1.54, 1.807) is 37.6 Å². The Bertz CT molecular complexity index is 840. The predicted octanol–water partition coefficient (Wildman–Crippen LogP) is 4.77. The molecule has 0 fully saturated rings. The van der Waals surface area contributed by atoms with Crippen LogP contribution in [0.2, 0.25) is 5.15 Å². The van der Waals surface area contributed by atoms with E-state index in [0.29, 0.717) is 24.2 Å². The van der Waals surface area contributed by atoms with Gasteiger partial charge in [0.05, 0.1) is 25.1 Å². The summed E-state index contributed by atoms with van der Waals surface area (Å²) in [5, 5.41) is 3.48. The summed E-state index contributed by atoms with van der Waals surface area (Å²) >= 11 is 6.26. The molecule has 168 valence electrons. The van der Waals surface area contributed by atoms with Crippen molar-refractivity contribution in [2.24, 2.45) is 5.41 Å². The summed E-state index contributed by atoms with van der Waals surface area (Å²) in [5.74, 6) is -0.137. The van der Waals surface area contributed by atoms with Gasteiger partial charge in [0.1, 0.15) is 29.9 Å². The van der Waals surface area contributed by atoms with Crippen LogP contribution in [0.25, 0.3) is 11.0 Å². The summed E-state index contributed by atoms with van der Waals surface area (Å²) in [6.07, 6.45) is 1.20. The molecule has 0 aliphatic rings. The van der Waals surface area contributed by atoms with Gasteiger partial charge in [-0.15, -0.1) is 0 Å². The van der Waals surface area contributed by atoms with Gasteiger partial charge in [0.25, 0.3) is 0 Å². The monoisotopic (exact) mass is 462 g/mol. The molecule has 0 spiro atoms. The van der Waals surface area contributed by atoms with E-state index >= 15 is 0 Å². The van der Waals surface area contributed by atoms with Crippen LogP contribution < -0.4 is 5.32 Å². The van der Waals surface area contributed by atoms with E-state index in [1.807, 2.05) is 13.8 Å². The van der Waals surface area contributed by atoms with E-state index in [0.717, 1.165) is 0 Å². The number of hydrogen-bond donors (Lipinski definition) is 1. The van der Waals surface area contributed by atoms with E-state index in [-0.39, 0.29) is 29.9 Å². The summed E-state index contributed by atoms with van der Waals surface area (Å²) in [6.45, 7) is 9.61. The Kier molecular flexibility index (Phi) is 9.37. The molecule has 1 unspecified atom stereocenters. The van der Waals surface area contributed by atoms with Gasteiger partial charge in [0.15, 0.2) is 8.38 Å². The second-order valence-electron chi connectivity index (χ2n) is 7.49. The topological polar surface area (TPSA) is 87.5 Å². The van der Waals surface area contributed by atoms with Gasteiger partial charge in [-0.1, -0.05) is 32.4 Å². The van der Waals surface area contributed by atoms with Gasteiger partial charge in [-0.05, 0) is 19.9 Å². The fraction of sp³-hybridized carbons (Fsp3) is 0.632. The number of halogens is 2. The van der Waals surface area contributed by atoms with Crippen LogP contribution in [0, 0.1) is 5.41 Å². The highest BCUT2D eigenvalue weighted by Gasteiger charge is 2.23. The first-order valence-electron chi connectivity index (χ1n) is 9.74. The minimum atomic E-state index is -1.22. The largest absolute Gasteiger partial charge is 0.364 e. The Morgan fingerprint density at radius 1 is 1.30 bits per heavy atom. The first-order chi connectivity index (χ1) is 14.2. The highest BCUT2D eigenvalue weighted by molar-refractivity contribution is 7.47. The van der Waals surface area contributed by atoms with E-state index in [1.165, 1.54) is 0 Å². The Morgan fingerprint density at radius 3 is 2.53 bits per heavy atom. The molecule has 2 aromatic heterocycles. The molecule has 0 radical (unpaired) electrons. The van der Waals surface area contributed by atoms with Crippen LogP contribution in [0.1, 0.15) is 34.6 Å². The Labute approximate surface area is 182 Å². The van der Waals surface area contributed by atoms with Crippen molar-refractivity contribution in [3.05, 3.63) is 17.4 Å². The molecule has 0 aliphatic carbocycles. The fourth-order valence-corrected chi connectivity index (χ4v) is 3.81. The number of hydrogen-bond acceptors (Lipinski definition) is 6. The lowest BCUT2D eigenvalue weighted by atomic mass is 9.96. The van der Waals surface area contributed by atoms with Gasteiger partial charge in [-0.2, -0.15) is 9.97 Å². The van der Waals surface area contributed by atoms with Crippen molar-refractivity contribution >= 4 is 42.9 Å². The summed E-state index contributed by atoms with van der Waals surface area (Å²) in [6, 6.07) is 1.75. The number of nitrogens with zero attached hydrogens (tertiary/aromatic N) is 3. The minimum absolute atomic E-state index is 0.0984. The van der Waals surface area contributed by atoms with Crippen molar-refractivity contribution < 1.29 is 23.0 Å². The number of nitrogens with one attached hydrogen (secondary N) is 1. The van der Waals surface area contributed by atoms with Crippen molar-refractivity contribution in [1.82, 2.24) is 14.5 Å². The lowest BCUT2D eigenvalue weighted by Gasteiger charge is -2.20. The fourth-order valence-electron chi connectivity index (χ4n) is 2.45. The number of fused-ring (bicyclic) bond motifs is 1. The number of aromatic nitrogens is 3. The molecule has 2 rings (SSSR count). The number of alkyl halides is 1. The molecule has 0 saturated carbocycles. The maximum absolute atomic E-state index is 13.6. The highest BCUT2D eigenvalue weighted by atomic mass is 35.5. The third-order valence-corrected chi connectivity index (χ3v) is 5.75. The Balaban J connectivity index is 2.17. The zero-order chi connectivity index (χ0) is 22.3. The third kappa shape index (κ3) is 6.82. The van der Waals surface area contributed by atoms with Crippen LogP contribution in [-0.2, 0) is 25.1 Å². The van der Waals surface area contributed by atoms with E-state index in [9.17, 15) is 9.18 Å². The van der Waals surface area contributed by atoms with Gasteiger partial charge in [-0.25, -0.2) is 4.39 Å². The van der Waals surface area contributed by atoms with Crippen LogP contribution in [0.4, 0.5) is 10.3 Å². The number of anilines is 1. The van der Waals surface area contributed by atoms with Crippen LogP contribution in [0.3, 0.4) is 0 Å². The van der Waals surface area contributed by atoms with Gasteiger partial charge in [-0.3, -0.25) is 10.1 Å². The third-order valence-electron chi connectivity index (χ3n) is 4.01. The van der Waals surface area contributed by atoms with E-state index in [4.69, 9.17) is 25.4 Å². The van der Waals surface area contributed by atoms with Crippen LogP contribution in [0.5, 0.6) is 0 Å². The summed E-state index contributed by atoms with van der Waals surface area (Å²) in [4.78, 5) is 20.8. The number of amides is 1. The highest BCUT2D eigenvalue weighted by Crippen LogP contribution is 2.38. The molecule has 8 nitrogen and oxygen atoms in total. The van der Waals surface area contributed by atoms with Crippen molar-refractivity contribution in [3.8, 4) is 0 Å². The van der Waals surface area contributed by atoms with Crippen molar-refractivity contribution in [2.45, 2.75) is 47.3 Å². The molecule has 2 heterocycles. The molecule has 0 saturated heterocycles. The Morgan fingerprint density at radius 2 is 1.97 bits per heavy atom. The molecule has 11 heteroatoms. The normalized spacial score (nSPS) is 13.2. The van der Waals surface area contributed by atoms with Crippen molar-refractivity contribution in [3.63, 3.8) is 0 Å². The molecule has 0 bridgehead atoms. The lowest BCUT2D eigenvalue weighted by Crippen LogP contribution is -2.28. The molecule has 0 aliphatic heterocycles. The smallest absolute Gasteiger partial charge is 0.232 e. The summed E-state index contributed by atoms with van der Waals surface area (Å²) in [5.41, 5.74) is -0.127. The molecule has 0 aromatic carbocycles. The van der Waals surface area contributed by atoms with Crippen molar-refractivity contribution in [1.29, 1.82) is 0 Å². The number of rotatable bonds is 11. The molecular formula is C19H29ClFN4O4P. The van der Waals surface area contributed by atoms with Crippen LogP contribution in [0.15, 0.2) is 12.3 Å². The van der Waals surface area contributed by atoms with Gasteiger partial charge in [0.2, 0.25) is 11.9 Å². The number of ether oxygens (including phenoxy) is 1. The van der Waals surface area contributed by atoms with E-state index < -0.39 is 26.6 Å². The molecule has 2 aromatic rings. The first kappa shape index (κ1) is 24.9. The standard InChI is InChI=1S/C19H29ClFN4O4P/c1-6-28-30(29-7-2)12-27-13(10-21)11-25-9-8-14-15(20)22-18(23-16(14)25)24-17(26)19(3,4)5/h8-9,13H,6-7,10-12H2,1-5H3,(H,22,23,24,26). The van der Waals surface area contributed by atoms with Gasteiger partial charge in [0, 0.05) is 11.6 Å². The number of carbonyl (C=O) groups is 1. The molecule has 1 amide bonds. The SMILES string of the molecule is CCOP(COC(CF)Cn1ccc2c(Cl)nc(NC(=O)C(C)(C)C)nc21)OCC. The molecule has 1 atom stereocenters. The summed E-state index contributed by atoms with van der Waals surface area (Å²) in [7, 11) is -1.22. The first-order valence-corrected chi connectivity index (χ1v) is 11.5. The summed E-state index contributed by atoms with van der Waals surface area (Å²) < 4.78 is 32.0. The molecular weight excluding hydrogens is 434 g/mol. The molecule has 30 heavy (non-hydrogen) atoms. The number of carbonyl (C=O) groups excluding carboxylic acids is 1. The van der Waals surface area contributed by atoms with Crippen LogP contribution >= 0.6 is 20.0 Å². The minimum Gasteiger partial charge on any atom is -0.364 e. The quantitative estimate of drug-likeness (QED) is 0.382. The average molecular weight is 463 g/mol. The lowest BCUT2D eigenvalue weighted by molar-refractivity contribution is -0.123. The zero-order valence-electron chi connectivity index (χ0n) is 17.9. The van der Waals surface area contributed by atoms with Crippen LogP contribution in [-0.4, -0.2) is 52.8 Å². The van der Waals surface area contributed by atoms with Gasteiger partial charge < -0.3 is 18.4 Å². The molecule has 1 N–H and O–H groups in total. The predicted molar refractivity (Wildman–Crippen MR) is 117 cm³/mol. The average Bonchev–Trinajstić information content (AvgIpc) is 3.07. The zero-order valence-corrected chi connectivity index (χ0v) is 19.6. The maximum Gasteiger partial charge on any atom is 0.232 e. The second-order valence-corrected chi connectivity index (χ2v) is 9.29. The van der Waals surface area contributed by atoms with Gasteiger partial charge >= 0.3 is 0 Å². The Hall–Kier alpha value is -1.38. The maximum atomic E-state index is 13.6.